The number of rotatable bonds is 9. The van der Waals surface area contributed by atoms with Crippen molar-refractivity contribution in [3.05, 3.63) is 59.9 Å². The third-order valence-corrected chi connectivity index (χ3v) is 7.97. The second kappa shape index (κ2) is 11.5. The monoisotopic (exact) mass is 494 g/mol. The first-order valence-electron chi connectivity index (χ1n) is 12.4. The fourth-order valence-electron chi connectivity index (χ4n) is 4.91. The molecule has 35 heavy (non-hydrogen) atoms. The van der Waals surface area contributed by atoms with Gasteiger partial charge in [0.2, 0.25) is 0 Å². The molecule has 186 valence electrons. The van der Waals surface area contributed by atoms with Gasteiger partial charge in [-0.15, -0.1) is 10.2 Å². The van der Waals surface area contributed by atoms with Gasteiger partial charge in [-0.3, -0.25) is 9.47 Å². The van der Waals surface area contributed by atoms with Gasteiger partial charge in [0.1, 0.15) is 17.3 Å². The minimum Gasteiger partial charge on any atom is -0.497 e. The molecule has 0 amide bonds. The zero-order chi connectivity index (χ0) is 24.0. The van der Waals surface area contributed by atoms with E-state index in [1.807, 2.05) is 24.3 Å². The predicted molar refractivity (Wildman–Crippen MR) is 138 cm³/mol. The van der Waals surface area contributed by atoms with Gasteiger partial charge in [0, 0.05) is 30.9 Å². The Bertz CT molecular complexity index is 1090. The maximum atomic E-state index is 5.84. The van der Waals surface area contributed by atoms with E-state index in [4.69, 9.17) is 19.3 Å². The molecule has 8 heteroatoms. The minimum absolute atomic E-state index is 0.306. The first-order valence-corrected chi connectivity index (χ1v) is 13.4. The van der Waals surface area contributed by atoms with E-state index in [1.165, 1.54) is 5.56 Å². The van der Waals surface area contributed by atoms with Gasteiger partial charge in [0.25, 0.3) is 0 Å². The lowest BCUT2D eigenvalue weighted by atomic mass is 9.95. The van der Waals surface area contributed by atoms with E-state index in [-0.39, 0.29) is 0 Å². The zero-order valence-electron chi connectivity index (χ0n) is 20.6. The number of hydrogen-bond acceptors (Lipinski definition) is 7. The van der Waals surface area contributed by atoms with Crippen molar-refractivity contribution in [2.45, 2.75) is 49.4 Å². The molecule has 2 aromatic carbocycles. The molecule has 0 radical (unpaired) electrons. The summed E-state index contributed by atoms with van der Waals surface area (Å²) in [6, 6.07) is 16.6. The molecule has 0 unspecified atom stereocenters. The predicted octanol–water partition coefficient (Wildman–Crippen LogP) is 4.94. The highest BCUT2D eigenvalue weighted by atomic mass is 32.2. The molecule has 3 aromatic rings. The van der Waals surface area contributed by atoms with Crippen LogP contribution in [0.5, 0.6) is 11.5 Å². The lowest BCUT2D eigenvalue weighted by Gasteiger charge is -2.31. The van der Waals surface area contributed by atoms with Crippen molar-refractivity contribution in [3.63, 3.8) is 0 Å². The molecule has 7 nitrogen and oxygen atoms in total. The Morgan fingerprint density at radius 3 is 2.49 bits per heavy atom. The molecule has 0 N–H and O–H groups in total. The zero-order valence-corrected chi connectivity index (χ0v) is 21.4. The highest BCUT2D eigenvalue weighted by molar-refractivity contribution is 7.99. The van der Waals surface area contributed by atoms with Gasteiger partial charge in [-0.25, -0.2) is 0 Å². The van der Waals surface area contributed by atoms with Crippen molar-refractivity contribution in [3.8, 4) is 17.2 Å². The third kappa shape index (κ3) is 5.82. The summed E-state index contributed by atoms with van der Waals surface area (Å²) in [7, 11) is 3.41. The summed E-state index contributed by atoms with van der Waals surface area (Å²) in [5, 5.41) is 10.3. The fourth-order valence-corrected chi connectivity index (χ4v) is 5.94. The van der Waals surface area contributed by atoms with E-state index in [1.54, 1.807) is 26.0 Å². The number of piperidine rings is 1. The summed E-state index contributed by atoms with van der Waals surface area (Å²) in [6.07, 6.45) is 4.71. The second-order valence-electron chi connectivity index (χ2n) is 9.22. The molecule has 1 atom stereocenters. The summed E-state index contributed by atoms with van der Waals surface area (Å²) in [5.74, 6) is 4.07. The highest BCUT2D eigenvalue weighted by Crippen LogP contribution is 2.34. The average Bonchev–Trinajstić information content (AvgIpc) is 3.58. The van der Waals surface area contributed by atoms with Crippen LogP contribution < -0.4 is 9.47 Å². The standard InChI is InChI=1S/C27H34N4O3S/c1-32-23-10-8-20(9-11-23)18-30-14-12-21(13-15-30)26-28-29-27(35-19-25-7-4-16-34-25)31(26)22-5-3-6-24(17-22)33-2/h3,5-6,8-11,17,21,25H,4,7,12-16,18-19H2,1-2H3/t25-/m0/s1. The Kier molecular flexibility index (Phi) is 7.91. The molecule has 2 fully saturated rings. The van der Waals surface area contributed by atoms with Gasteiger partial charge in [-0.2, -0.15) is 0 Å². The number of thioether (sulfide) groups is 1. The van der Waals surface area contributed by atoms with Crippen LogP contribution in [0.25, 0.3) is 5.69 Å². The van der Waals surface area contributed by atoms with Crippen LogP contribution in [0.15, 0.2) is 53.7 Å². The van der Waals surface area contributed by atoms with E-state index in [0.29, 0.717) is 12.0 Å². The fraction of sp³-hybridized carbons (Fsp3) is 0.481. The van der Waals surface area contributed by atoms with Crippen LogP contribution in [-0.4, -0.2) is 65.4 Å². The molecule has 1 aromatic heterocycles. The maximum Gasteiger partial charge on any atom is 0.195 e. The van der Waals surface area contributed by atoms with Crippen molar-refractivity contribution in [1.29, 1.82) is 0 Å². The quantitative estimate of drug-likeness (QED) is 0.391. The Hall–Kier alpha value is -2.55. The average molecular weight is 495 g/mol. The van der Waals surface area contributed by atoms with Gasteiger partial charge in [0.05, 0.1) is 26.0 Å². The molecular formula is C27H34N4O3S. The van der Waals surface area contributed by atoms with Gasteiger partial charge >= 0.3 is 0 Å². The number of methoxy groups -OCH3 is 2. The maximum absolute atomic E-state index is 5.84. The van der Waals surface area contributed by atoms with Crippen LogP contribution in [0.2, 0.25) is 0 Å². The van der Waals surface area contributed by atoms with Gasteiger partial charge in [0.15, 0.2) is 5.16 Å². The van der Waals surface area contributed by atoms with Crippen LogP contribution in [0.3, 0.4) is 0 Å². The van der Waals surface area contributed by atoms with Crippen molar-refractivity contribution in [2.75, 3.05) is 39.7 Å². The smallest absolute Gasteiger partial charge is 0.195 e. The number of likely N-dealkylation sites (tertiary alicyclic amines) is 1. The molecule has 0 aliphatic carbocycles. The lowest BCUT2D eigenvalue weighted by Crippen LogP contribution is -2.33. The van der Waals surface area contributed by atoms with Crippen molar-refractivity contribution < 1.29 is 14.2 Å². The van der Waals surface area contributed by atoms with Gasteiger partial charge in [-0.05, 0) is 68.6 Å². The molecule has 0 saturated carbocycles. The van der Waals surface area contributed by atoms with Crippen LogP contribution in [-0.2, 0) is 11.3 Å². The summed E-state index contributed by atoms with van der Waals surface area (Å²) in [5.41, 5.74) is 2.37. The molecule has 0 spiro atoms. The molecule has 0 bridgehead atoms. The van der Waals surface area contributed by atoms with Crippen molar-refractivity contribution in [1.82, 2.24) is 19.7 Å². The molecular weight excluding hydrogens is 460 g/mol. The third-order valence-electron chi connectivity index (χ3n) is 6.91. The number of aromatic nitrogens is 3. The van der Waals surface area contributed by atoms with Crippen molar-refractivity contribution >= 4 is 11.8 Å². The number of hydrogen-bond donors (Lipinski definition) is 0. The van der Waals surface area contributed by atoms with E-state index in [0.717, 1.165) is 85.8 Å². The topological polar surface area (TPSA) is 61.6 Å². The molecule has 2 aliphatic heterocycles. The lowest BCUT2D eigenvalue weighted by molar-refractivity contribution is 0.129. The molecule has 2 saturated heterocycles. The van der Waals surface area contributed by atoms with E-state index in [2.05, 4.69) is 38.8 Å². The van der Waals surface area contributed by atoms with E-state index in [9.17, 15) is 0 Å². The van der Waals surface area contributed by atoms with Gasteiger partial charge < -0.3 is 14.2 Å². The van der Waals surface area contributed by atoms with Gasteiger partial charge in [-0.1, -0.05) is 30.0 Å². The summed E-state index contributed by atoms with van der Waals surface area (Å²) in [6.45, 7) is 3.91. The SMILES string of the molecule is COc1ccc(CN2CCC(c3nnc(SC[C@@H]4CCCO4)n3-c3cccc(OC)c3)CC2)cc1. The number of ether oxygens (including phenoxy) is 3. The first-order chi connectivity index (χ1) is 17.2. The Morgan fingerprint density at radius 2 is 1.77 bits per heavy atom. The Morgan fingerprint density at radius 1 is 0.971 bits per heavy atom. The minimum atomic E-state index is 0.306. The summed E-state index contributed by atoms with van der Waals surface area (Å²) < 4.78 is 18.9. The molecule has 3 heterocycles. The second-order valence-corrected chi connectivity index (χ2v) is 10.2. The largest absolute Gasteiger partial charge is 0.497 e. The normalized spacial score (nSPS) is 19.2. The van der Waals surface area contributed by atoms with Crippen LogP contribution in [0, 0.1) is 0 Å². The molecule has 5 rings (SSSR count). The Labute approximate surface area is 211 Å². The highest BCUT2D eigenvalue weighted by Gasteiger charge is 2.28. The summed E-state index contributed by atoms with van der Waals surface area (Å²) in [4.78, 5) is 2.53. The van der Waals surface area contributed by atoms with E-state index >= 15 is 0 Å². The van der Waals surface area contributed by atoms with Crippen molar-refractivity contribution in [2.24, 2.45) is 0 Å². The molecule has 2 aliphatic rings. The summed E-state index contributed by atoms with van der Waals surface area (Å²) >= 11 is 1.75. The number of nitrogens with zero attached hydrogens (tertiary/aromatic N) is 4. The van der Waals surface area contributed by atoms with E-state index < -0.39 is 0 Å². The van der Waals surface area contributed by atoms with Crippen LogP contribution >= 0.6 is 11.8 Å². The van der Waals surface area contributed by atoms with Crippen LogP contribution in [0.4, 0.5) is 0 Å². The Balaban J connectivity index is 1.31. The van der Waals surface area contributed by atoms with Crippen LogP contribution in [0.1, 0.15) is 43.0 Å². The number of benzene rings is 2. The first kappa shape index (κ1) is 24.2.